The fraction of sp³-hybridized carbons (Fsp3) is 0.389. The Morgan fingerprint density at radius 1 is 1.10 bits per heavy atom. The predicted molar refractivity (Wildman–Crippen MR) is 92.6 cm³/mol. The van der Waals surface area contributed by atoms with Crippen molar-refractivity contribution in [2.75, 3.05) is 5.75 Å². The van der Waals surface area contributed by atoms with Gasteiger partial charge in [0.05, 0.1) is 5.75 Å². The summed E-state index contributed by atoms with van der Waals surface area (Å²) in [5, 5.41) is 5.55. The zero-order valence-corrected chi connectivity index (χ0v) is 13.7. The molecule has 2 aromatic rings. The molecule has 0 heterocycles. The van der Waals surface area contributed by atoms with Crippen molar-refractivity contribution in [1.82, 2.24) is 5.32 Å². The average molecular weight is 301 g/mol. The largest absolute Gasteiger partial charge is 0.353 e. The van der Waals surface area contributed by atoms with Crippen molar-refractivity contribution in [1.29, 1.82) is 0 Å². The van der Waals surface area contributed by atoms with Crippen LogP contribution in [0.2, 0.25) is 0 Å². The Bertz CT molecular complexity index is 609. The quantitative estimate of drug-likeness (QED) is 0.865. The van der Waals surface area contributed by atoms with Gasteiger partial charge >= 0.3 is 0 Å². The number of amides is 1. The summed E-state index contributed by atoms with van der Waals surface area (Å²) in [6.07, 6.45) is 0. The molecule has 0 aliphatic rings. The highest BCUT2D eigenvalue weighted by molar-refractivity contribution is 7.99. The van der Waals surface area contributed by atoms with Crippen LogP contribution in [0, 0.1) is 5.92 Å². The number of carbonyl (C=O) groups is 1. The Morgan fingerprint density at radius 2 is 1.81 bits per heavy atom. The van der Waals surface area contributed by atoms with Gasteiger partial charge in [0, 0.05) is 11.8 Å². The number of rotatable bonds is 6. The molecule has 0 fully saturated rings. The van der Waals surface area contributed by atoms with Crippen LogP contribution in [0.25, 0.3) is 10.8 Å². The number of thioether (sulfide) groups is 1. The molecule has 0 saturated heterocycles. The highest BCUT2D eigenvalue weighted by atomic mass is 32.2. The van der Waals surface area contributed by atoms with E-state index in [-0.39, 0.29) is 11.9 Å². The molecular formula is C18H23NOS. The molecule has 0 spiro atoms. The zero-order chi connectivity index (χ0) is 15.2. The molecule has 0 aliphatic carbocycles. The second-order valence-electron chi connectivity index (χ2n) is 5.77. The molecule has 0 aromatic heterocycles. The van der Waals surface area contributed by atoms with Crippen molar-refractivity contribution < 1.29 is 4.79 Å². The first-order valence-corrected chi connectivity index (χ1v) is 8.56. The first kappa shape index (κ1) is 15.9. The minimum absolute atomic E-state index is 0.127. The number of hydrogen-bond acceptors (Lipinski definition) is 2. The Balaban J connectivity index is 1.83. The monoisotopic (exact) mass is 301 g/mol. The molecule has 2 rings (SSSR count). The van der Waals surface area contributed by atoms with Gasteiger partial charge in [0.25, 0.3) is 0 Å². The fourth-order valence-corrected chi connectivity index (χ4v) is 2.84. The van der Waals surface area contributed by atoms with E-state index in [9.17, 15) is 4.79 Å². The molecule has 1 unspecified atom stereocenters. The van der Waals surface area contributed by atoms with Gasteiger partial charge in [0.2, 0.25) is 5.91 Å². The summed E-state index contributed by atoms with van der Waals surface area (Å²) < 4.78 is 0. The second kappa shape index (κ2) is 7.51. The lowest BCUT2D eigenvalue weighted by molar-refractivity contribution is -0.119. The summed E-state index contributed by atoms with van der Waals surface area (Å²) >= 11 is 1.66. The first-order chi connectivity index (χ1) is 10.1. The van der Waals surface area contributed by atoms with E-state index >= 15 is 0 Å². The molecular weight excluding hydrogens is 278 g/mol. The first-order valence-electron chi connectivity index (χ1n) is 7.41. The topological polar surface area (TPSA) is 29.1 Å². The van der Waals surface area contributed by atoms with Crippen LogP contribution in [0.4, 0.5) is 0 Å². The highest BCUT2D eigenvalue weighted by Gasteiger charge is 2.10. The van der Waals surface area contributed by atoms with Crippen LogP contribution in [-0.4, -0.2) is 17.7 Å². The van der Waals surface area contributed by atoms with E-state index in [0.29, 0.717) is 11.7 Å². The van der Waals surface area contributed by atoms with Gasteiger partial charge in [-0.2, -0.15) is 0 Å². The Morgan fingerprint density at radius 3 is 2.52 bits per heavy atom. The van der Waals surface area contributed by atoms with E-state index in [4.69, 9.17) is 0 Å². The summed E-state index contributed by atoms with van der Waals surface area (Å²) in [6, 6.07) is 15.1. The van der Waals surface area contributed by atoms with Crippen LogP contribution in [-0.2, 0) is 10.5 Å². The van der Waals surface area contributed by atoms with Crippen LogP contribution in [0.1, 0.15) is 26.3 Å². The molecule has 0 aliphatic heterocycles. The van der Waals surface area contributed by atoms with E-state index in [1.54, 1.807) is 11.8 Å². The van der Waals surface area contributed by atoms with Crippen molar-refractivity contribution in [3.05, 3.63) is 48.0 Å². The lowest BCUT2D eigenvalue weighted by Crippen LogP contribution is -2.37. The fourth-order valence-electron chi connectivity index (χ4n) is 2.05. The molecule has 2 nitrogen and oxygen atoms in total. The van der Waals surface area contributed by atoms with E-state index in [2.05, 4.69) is 68.6 Å². The number of fused-ring (bicyclic) bond motifs is 1. The van der Waals surface area contributed by atoms with Gasteiger partial charge in [-0.15, -0.1) is 11.8 Å². The SMILES string of the molecule is CC(C)C(C)NC(=O)CSCc1ccc2ccccc2c1. The summed E-state index contributed by atoms with van der Waals surface area (Å²) in [7, 11) is 0. The number of hydrogen-bond donors (Lipinski definition) is 1. The summed E-state index contributed by atoms with van der Waals surface area (Å²) in [5.74, 6) is 1.99. The maximum atomic E-state index is 11.8. The molecule has 1 N–H and O–H groups in total. The third-order valence-corrected chi connectivity index (χ3v) is 4.71. The number of carbonyl (C=O) groups excluding carboxylic acids is 1. The Kier molecular flexibility index (Phi) is 5.68. The number of benzene rings is 2. The van der Waals surface area contributed by atoms with Crippen LogP contribution in [0.5, 0.6) is 0 Å². The van der Waals surface area contributed by atoms with Crippen molar-refractivity contribution in [3.63, 3.8) is 0 Å². The minimum Gasteiger partial charge on any atom is -0.353 e. The van der Waals surface area contributed by atoms with Crippen LogP contribution < -0.4 is 5.32 Å². The lowest BCUT2D eigenvalue weighted by atomic mass is 10.1. The maximum Gasteiger partial charge on any atom is 0.230 e. The van der Waals surface area contributed by atoms with Crippen LogP contribution in [0.3, 0.4) is 0 Å². The number of nitrogens with one attached hydrogen (secondary N) is 1. The summed E-state index contributed by atoms with van der Waals surface area (Å²) in [4.78, 5) is 11.8. The van der Waals surface area contributed by atoms with E-state index in [1.807, 2.05) is 0 Å². The second-order valence-corrected chi connectivity index (χ2v) is 6.76. The Labute approximate surface area is 131 Å². The minimum atomic E-state index is 0.127. The smallest absolute Gasteiger partial charge is 0.230 e. The van der Waals surface area contributed by atoms with E-state index in [0.717, 1.165) is 5.75 Å². The van der Waals surface area contributed by atoms with Gasteiger partial charge < -0.3 is 5.32 Å². The average Bonchev–Trinajstić information content (AvgIpc) is 2.47. The molecule has 0 radical (unpaired) electrons. The molecule has 2 aromatic carbocycles. The molecule has 3 heteroatoms. The van der Waals surface area contributed by atoms with Gasteiger partial charge in [0.1, 0.15) is 0 Å². The summed E-state index contributed by atoms with van der Waals surface area (Å²) in [5.41, 5.74) is 1.27. The molecule has 1 atom stereocenters. The van der Waals surface area contributed by atoms with Crippen molar-refractivity contribution in [3.8, 4) is 0 Å². The third-order valence-electron chi connectivity index (χ3n) is 3.70. The predicted octanol–water partition coefficient (Wildman–Crippen LogP) is 4.23. The summed E-state index contributed by atoms with van der Waals surface area (Å²) in [6.45, 7) is 6.29. The van der Waals surface area contributed by atoms with Crippen molar-refractivity contribution in [2.24, 2.45) is 5.92 Å². The maximum absolute atomic E-state index is 11.8. The molecule has 112 valence electrons. The third kappa shape index (κ3) is 4.78. The van der Waals surface area contributed by atoms with Gasteiger partial charge in [-0.3, -0.25) is 4.79 Å². The van der Waals surface area contributed by atoms with Gasteiger partial charge in [-0.1, -0.05) is 56.3 Å². The zero-order valence-electron chi connectivity index (χ0n) is 12.9. The van der Waals surface area contributed by atoms with Crippen molar-refractivity contribution in [2.45, 2.75) is 32.6 Å². The van der Waals surface area contributed by atoms with Crippen LogP contribution >= 0.6 is 11.8 Å². The van der Waals surface area contributed by atoms with E-state index < -0.39 is 0 Å². The Hall–Kier alpha value is -1.48. The molecule has 1 amide bonds. The standard InChI is InChI=1S/C18H23NOS/c1-13(2)14(3)19-18(20)12-21-11-15-8-9-16-6-4-5-7-17(16)10-15/h4-10,13-14H,11-12H2,1-3H3,(H,19,20). The van der Waals surface area contributed by atoms with Crippen molar-refractivity contribution >= 4 is 28.4 Å². The van der Waals surface area contributed by atoms with Gasteiger partial charge in [-0.25, -0.2) is 0 Å². The highest BCUT2D eigenvalue weighted by Crippen LogP contribution is 2.19. The van der Waals surface area contributed by atoms with Gasteiger partial charge in [0.15, 0.2) is 0 Å². The molecule has 21 heavy (non-hydrogen) atoms. The normalized spacial score (nSPS) is 12.6. The van der Waals surface area contributed by atoms with Crippen LogP contribution in [0.15, 0.2) is 42.5 Å². The molecule has 0 bridgehead atoms. The van der Waals surface area contributed by atoms with Gasteiger partial charge in [-0.05, 0) is 29.2 Å². The molecule has 0 saturated carbocycles. The van der Waals surface area contributed by atoms with E-state index in [1.165, 1.54) is 16.3 Å². The lowest BCUT2D eigenvalue weighted by Gasteiger charge is -2.17.